The molecule has 2 aromatic carbocycles. The van der Waals surface area contributed by atoms with Crippen LogP contribution in [0, 0.1) is 24.6 Å². The molecule has 29 nitrogen and oxygen atoms in total. The minimum Gasteiger partial charge on any atom is -0.458 e. The lowest BCUT2D eigenvalue weighted by Crippen LogP contribution is -2.56. The van der Waals surface area contributed by atoms with Gasteiger partial charge in [-0.2, -0.15) is 0 Å². The van der Waals surface area contributed by atoms with Crippen molar-refractivity contribution in [2.45, 2.75) is 116 Å². The number of fused-ring (bicyclic) bond motifs is 5. The third-order valence-corrected chi connectivity index (χ3v) is 17.3. The summed E-state index contributed by atoms with van der Waals surface area (Å²) in [7, 11) is 0. The number of halogens is 1. The van der Waals surface area contributed by atoms with Gasteiger partial charge in [-0.3, -0.25) is 43.3 Å². The highest BCUT2D eigenvalue weighted by Crippen LogP contribution is 2.46. The largest absolute Gasteiger partial charge is 0.458 e. The zero-order valence-electron chi connectivity index (χ0n) is 53.4. The van der Waals surface area contributed by atoms with Crippen LogP contribution < -0.4 is 43.2 Å². The number of urea groups is 1. The molecular weight excluding hydrogens is 1240 g/mol. The number of carbonyl (C=O) groups is 10. The van der Waals surface area contributed by atoms with E-state index in [2.05, 4.69) is 31.9 Å². The van der Waals surface area contributed by atoms with E-state index < -0.39 is 88.7 Å². The average molecular weight is 1320 g/mol. The Labute approximate surface area is 545 Å². The van der Waals surface area contributed by atoms with Gasteiger partial charge in [-0.25, -0.2) is 23.8 Å². The fraction of sp³-hybridized carbons (Fsp3) is 0.508. The third-order valence-electron chi connectivity index (χ3n) is 17.3. The predicted molar refractivity (Wildman–Crippen MR) is 336 cm³/mol. The van der Waals surface area contributed by atoms with Crippen molar-refractivity contribution in [3.05, 3.63) is 104 Å². The molecular formula is C65H80FN11O18. The van der Waals surface area contributed by atoms with Gasteiger partial charge in [-0.05, 0) is 85.4 Å². The molecule has 95 heavy (non-hydrogen) atoms. The monoisotopic (exact) mass is 1320 g/mol. The first-order valence-electron chi connectivity index (χ1n) is 31.7. The minimum atomic E-state index is -2.05. The maximum atomic E-state index is 15.5. The highest BCUT2D eigenvalue weighted by atomic mass is 19.1. The topological polar surface area (TPSA) is 386 Å². The SMILES string of the molecule is CC[C@]1(O)C(=O)OCc2c1cc1n(c2=O)Cc2c-1nc1cc(F)c(C)c3c1c2[C@H](NC(=O)C1CN(C(=O)OCc2ccc(NC(=O)[C@H](CCCNC(N)=O)NC(=O)[C@@H](NC(=O)CCOCCOCCOCCOCCNC(=O)CCN4C(=O)C=CC4=O)C(C)C)cc2)C1)CC3. The Morgan fingerprint density at radius 3 is 2.16 bits per heavy atom. The van der Waals surface area contributed by atoms with Crippen LogP contribution >= 0.6 is 0 Å². The summed E-state index contributed by atoms with van der Waals surface area (Å²) in [6.07, 6.45) is 2.74. The van der Waals surface area contributed by atoms with Crippen LogP contribution in [0.25, 0.3) is 22.3 Å². The van der Waals surface area contributed by atoms with E-state index >= 15 is 4.39 Å². The summed E-state index contributed by atoms with van der Waals surface area (Å²) < 4.78 is 49.8. The zero-order valence-corrected chi connectivity index (χ0v) is 53.4. The van der Waals surface area contributed by atoms with Crippen molar-refractivity contribution in [3.8, 4) is 11.4 Å². The van der Waals surface area contributed by atoms with Gasteiger partial charge < -0.3 is 80.6 Å². The van der Waals surface area contributed by atoms with Crippen molar-refractivity contribution in [3.63, 3.8) is 0 Å². The standard InChI is InChI=1S/C65H80FN11O18/c1-5-65(89)44-29-49-57-42(33-77(49)61(85)43(44)35-94-62(65)86)55-46(13-12-41-37(4)45(66)30-48(71-57)54(41)55)72-58(82)39-31-75(32-39)64(88)95-34-38-8-10-40(11-9-38)70-59(83)47(7-6-18-69-63(67)87)73-60(84)56(36(2)3)74-51(79)17-21-90-23-25-92-27-28-93-26-24-91-22-19-68-50(78)16-20-76-52(80)14-15-53(76)81/h8-11,14-15,29-30,36,39,46-47,56,89H,5-7,12-13,16-28,31-35H2,1-4H3,(H,68,78)(H,70,83)(H,72,82)(H,73,84)(H,74,79)(H3,67,69,87)/t46-,47+,56+,65-/m1/s1. The molecule has 0 spiro atoms. The normalized spacial score (nSPS) is 17.5. The second-order valence-electron chi connectivity index (χ2n) is 24.0. The van der Waals surface area contributed by atoms with Crippen LogP contribution in [0.15, 0.2) is 53.3 Å². The molecule has 1 aliphatic carbocycles. The number of likely N-dealkylation sites (tertiary alicyclic amines) is 1. The molecule has 4 aromatic rings. The van der Waals surface area contributed by atoms with E-state index in [1.54, 1.807) is 58.0 Å². The van der Waals surface area contributed by atoms with Crippen LogP contribution in [0.2, 0.25) is 0 Å². The number of nitrogens with zero attached hydrogens (tertiary/aromatic N) is 4. The summed E-state index contributed by atoms with van der Waals surface area (Å²) >= 11 is 0. The lowest BCUT2D eigenvalue weighted by molar-refractivity contribution is -0.172. The van der Waals surface area contributed by atoms with Crippen molar-refractivity contribution in [2.24, 2.45) is 17.6 Å². The average Bonchev–Trinajstić information content (AvgIpc) is 1.63. The molecule has 0 radical (unpaired) electrons. The van der Waals surface area contributed by atoms with Gasteiger partial charge in [0.25, 0.3) is 17.4 Å². The number of nitrogens with one attached hydrogen (secondary N) is 6. The lowest BCUT2D eigenvalue weighted by atomic mass is 9.81. The molecule has 9 N–H and O–H groups in total. The highest BCUT2D eigenvalue weighted by Gasteiger charge is 2.46. The number of amides is 10. The maximum absolute atomic E-state index is 15.5. The first-order chi connectivity index (χ1) is 45.6. The van der Waals surface area contributed by atoms with Crippen molar-refractivity contribution < 1.29 is 85.9 Å². The number of rotatable bonds is 33. The fourth-order valence-electron chi connectivity index (χ4n) is 11.9. The van der Waals surface area contributed by atoms with Crippen LogP contribution in [0.4, 0.5) is 19.7 Å². The number of aromatic nitrogens is 2. The number of hydrogen-bond acceptors (Lipinski definition) is 19. The van der Waals surface area contributed by atoms with Crippen LogP contribution in [0.5, 0.6) is 0 Å². The molecule has 0 saturated carbocycles. The number of aryl methyl sites for hydroxylation is 1. The van der Waals surface area contributed by atoms with Crippen LogP contribution in [0.1, 0.15) is 104 Å². The summed E-state index contributed by atoms with van der Waals surface area (Å²) in [4.78, 5) is 148. The fourth-order valence-corrected chi connectivity index (χ4v) is 11.9. The van der Waals surface area contributed by atoms with E-state index in [-0.39, 0.29) is 153 Å². The van der Waals surface area contributed by atoms with E-state index in [4.69, 9.17) is 39.1 Å². The van der Waals surface area contributed by atoms with Crippen molar-refractivity contribution in [1.29, 1.82) is 0 Å². The number of carbonyl (C=O) groups excluding carboxylic acids is 10. The summed E-state index contributed by atoms with van der Waals surface area (Å²) in [5.41, 5.74) is 7.59. The Morgan fingerprint density at radius 2 is 1.49 bits per heavy atom. The smallest absolute Gasteiger partial charge is 0.410 e. The van der Waals surface area contributed by atoms with Crippen molar-refractivity contribution in [2.75, 3.05) is 90.9 Å². The molecule has 0 bridgehead atoms. The van der Waals surface area contributed by atoms with E-state index in [0.29, 0.717) is 76.3 Å². The molecule has 10 amide bonds. The second-order valence-corrected chi connectivity index (χ2v) is 24.0. The van der Waals surface area contributed by atoms with E-state index in [1.165, 1.54) is 15.5 Å². The van der Waals surface area contributed by atoms with Gasteiger partial charge >= 0.3 is 18.1 Å². The first-order valence-corrected chi connectivity index (χ1v) is 31.7. The van der Waals surface area contributed by atoms with Crippen molar-refractivity contribution >= 4 is 76.0 Å². The number of benzene rings is 2. The van der Waals surface area contributed by atoms with E-state index in [9.17, 15) is 57.8 Å². The van der Waals surface area contributed by atoms with Gasteiger partial charge in [0.2, 0.25) is 29.5 Å². The van der Waals surface area contributed by atoms with Gasteiger partial charge in [0, 0.05) is 86.0 Å². The Bertz CT molecular complexity index is 3690. The number of hydrogen-bond donors (Lipinski definition) is 8. The number of cyclic esters (lactones) is 1. The Morgan fingerprint density at radius 1 is 0.821 bits per heavy atom. The zero-order chi connectivity index (χ0) is 68.1. The molecule has 510 valence electrons. The highest BCUT2D eigenvalue weighted by molar-refractivity contribution is 6.13. The molecule has 1 saturated heterocycles. The number of pyridine rings is 2. The quantitative estimate of drug-likeness (QED) is 0.0169. The summed E-state index contributed by atoms with van der Waals surface area (Å²) in [6, 6.07) is 5.91. The molecule has 4 atom stereocenters. The van der Waals surface area contributed by atoms with Crippen molar-refractivity contribution in [1.82, 2.24) is 45.9 Å². The molecule has 30 heteroatoms. The van der Waals surface area contributed by atoms with Crippen LogP contribution in [0.3, 0.4) is 0 Å². The number of esters is 1. The van der Waals surface area contributed by atoms with Crippen LogP contribution in [-0.2, 0) is 98.6 Å². The maximum Gasteiger partial charge on any atom is 0.410 e. The van der Waals surface area contributed by atoms with Gasteiger partial charge in [-0.1, -0.05) is 32.9 Å². The van der Waals surface area contributed by atoms with E-state index in [0.717, 1.165) is 22.6 Å². The number of anilines is 1. The molecule has 1 fully saturated rings. The molecule has 0 unspecified atom stereocenters. The number of nitrogens with two attached hydrogens (primary N) is 1. The second kappa shape index (κ2) is 31.8. The minimum absolute atomic E-state index is 0.00330. The number of ether oxygens (including phenoxy) is 6. The first kappa shape index (κ1) is 70.1. The summed E-state index contributed by atoms with van der Waals surface area (Å²) in [6.45, 7) is 8.77. The predicted octanol–water partition coefficient (Wildman–Crippen LogP) is 1.80. The van der Waals surface area contributed by atoms with Crippen LogP contribution in [-0.4, -0.2) is 182 Å². The Kier molecular flexibility index (Phi) is 23.5. The molecule has 9 rings (SSSR count). The molecule has 4 aliphatic heterocycles. The van der Waals surface area contributed by atoms with Gasteiger partial charge in [-0.15, -0.1) is 0 Å². The van der Waals surface area contributed by atoms with E-state index in [1.807, 2.05) is 0 Å². The molecule has 6 heterocycles. The van der Waals surface area contributed by atoms with Gasteiger partial charge in [0.15, 0.2) is 5.60 Å². The third kappa shape index (κ3) is 16.8. The number of imide groups is 1. The Balaban J connectivity index is 0.682. The molecule has 2 aromatic heterocycles. The summed E-state index contributed by atoms with van der Waals surface area (Å²) in [5.74, 6) is -5.45. The number of aliphatic hydroxyl groups is 1. The lowest BCUT2D eigenvalue weighted by Gasteiger charge is -2.38. The molecule has 5 aliphatic rings. The Hall–Kier alpha value is -9.23. The van der Waals surface area contributed by atoms with Gasteiger partial charge in [0.05, 0.1) is 93.8 Å². The summed E-state index contributed by atoms with van der Waals surface area (Å²) in [5, 5.41) is 28.7. The number of primary amides is 1. The van der Waals surface area contributed by atoms with Gasteiger partial charge in [0.1, 0.15) is 31.1 Å².